The number of hydrogen-bond acceptors (Lipinski definition) is 4. The van der Waals surface area contributed by atoms with Gasteiger partial charge in [-0.25, -0.2) is 9.59 Å². The van der Waals surface area contributed by atoms with Gasteiger partial charge in [-0.05, 0) is 24.5 Å². The summed E-state index contributed by atoms with van der Waals surface area (Å²) in [5, 5.41) is 6.28. The molecular weight excluding hydrogens is 348 g/mol. The molecule has 0 radical (unpaired) electrons. The third-order valence-electron chi connectivity index (χ3n) is 4.30. The standard InChI is InChI=1S/C19H26N4O4/c1-27-18(25)16(11-13-12-22-15-8-5-4-7-14(13)15)23-17(24)9-3-2-6-10-21-19(20)26/h4-5,7-8,12,16,22H,2-3,6,9-11H2,1H3,(H,23,24)(H3,20,21,26)/t16-/m1/s1. The number of carbonyl (C=O) groups excluding carboxylic acids is 3. The first-order valence-corrected chi connectivity index (χ1v) is 8.96. The number of fused-ring (bicyclic) bond motifs is 1. The summed E-state index contributed by atoms with van der Waals surface area (Å²) in [6, 6.07) is 6.50. The van der Waals surface area contributed by atoms with Gasteiger partial charge in [0.1, 0.15) is 6.04 Å². The summed E-state index contributed by atoms with van der Waals surface area (Å²) in [6.07, 6.45) is 4.68. The number of nitrogens with one attached hydrogen (secondary N) is 3. The van der Waals surface area contributed by atoms with E-state index in [0.717, 1.165) is 29.3 Å². The summed E-state index contributed by atoms with van der Waals surface area (Å²) >= 11 is 0. The Kier molecular flexibility index (Phi) is 7.66. The van der Waals surface area contributed by atoms with Crippen LogP contribution in [0.2, 0.25) is 0 Å². The number of aromatic amines is 1. The molecule has 8 nitrogen and oxygen atoms in total. The van der Waals surface area contributed by atoms with Crippen LogP contribution in [0.15, 0.2) is 30.5 Å². The van der Waals surface area contributed by atoms with Crippen molar-refractivity contribution in [2.75, 3.05) is 13.7 Å². The van der Waals surface area contributed by atoms with E-state index in [4.69, 9.17) is 10.5 Å². The van der Waals surface area contributed by atoms with Crippen molar-refractivity contribution < 1.29 is 19.1 Å². The molecule has 5 N–H and O–H groups in total. The fourth-order valence-electron chi connectivity index (χ4n) is 2.92. The Hall–Kier alpha value is -3.03. The van der Waals surface area contributed by atoms with Crippen molar-refractivity contribution in [2.45, 2.75) is 38.1 Å². The number of hydrogen-bond donors (Lipinski definition) is 4. The largest absolute Gasteiger partial charge is 0.467 e. The summed E-state index contributed by atoms with van der Waals surface area (Å²) in [5.74, 6) is -0.674. The van der Waals surface area contributed by atoms with Gasteiger partial charge in [-0.15, -0.1) is 0 Å². The van der Waals surface area contributed by atoms with Gasteiger partial charge in [0.05, 0.1) is 7.11 Å². The molecule has 146 valence electrons. The molecule has 0 fully saturated rings. The minimum atomic E-state index is -0.738. The maximum absolute atomic E-state index is 12.2. The van der Waals surface area contributed by atoms with E-state index in [9.17, 15) is 14.4 Å². The fourth-order valence-corrected chi connectivity index (χ4v) is 2.92. The lowest BCUT2D eigenvalue weighted by Gasteiger charge is -2.16. The molecule has 27 heavy (non-hydrogen) atoms. The topological polar surface area (TPSA) is 126 Å². The van der Waals surface area contributed by atoms with Crippen molar-refractivity contribution in [1.29, 1.82) is 0 Å². The minimum Gasteiger partial charge on any atom is -0.467 e. The van der Waals surface area contributed by atoms with Gasteiger partial charge in [0.2, 0.25) is 5.91 Å². The maximum atomic E-state index is 12.2. The molecule has 1 aromatic heterocycles. The second-order valence-electron chi connectivity index (χ2n) is 6.31. The van der Waals surface area contributed by atoms with Crippen LogP contribution in [0.1, 0.15) is 31.2 Å². The Morgan fingerprint density at radius 3 is 2.70 bits per heavy atom. The van der Waals surface area contributed by atoms with E-state index in [2.05, 4.69) is 15.6 Å². The summed E-state index contributed by atoms with van der Waals surface area (Å²) < 4.78 is 4.84. The predicted molar refractivity (Wildman–Crippen MR) is 102 cm³/mol. The number of methoxy groups -OCH3 is 1. The molecule has 0 aliphatic rings. The van der Waals surface area contributed by atoms with Crippen LogP contribution in [-0.2, 0) is 20.7 Å². The number of unbranched alkanes of at least 4 members (excludes halogenated alkanes) is 2. The number of para-hydroxylation sites is 1. The third-order valence-corrected chi connectivity index (χ3v) is 4.30. The first-order chi connectivity index (χ1) is 13.0. The molecule has 0 spiro atoms. The normalized spacial score (nSPS) is 11.7. The number of nitrogens with two attached hydrogens (primary N) is 1. The zero-order chi connectivity index (χ0) is 19.6. The summed E-state index contributed by atoms with van der Waals surface area (Å²) in [4.78, 5) is 38.0. The molecule has 3 amide bonds. The van der Waals surface area contributed by atoms with Gasteiger partial charge in [-0.1, -0.05) is 24.6 Å². The smallest absolute Gasteiger partial charge is 0.328 e. The van der Waals surface area contributed by atoms with E-state index in [1.807, 2.05) is 30.5 Å². The number of amides is 3. The van der Waals surface area contributed by atoms with E-state index in [1.165, 1.54) is 7.11 Å². The first kappa shape index (κ1) is 20.3. The van der Waals surface area contributed by atoms with Crippen molar-refractivity contribution in [3.05, 3.63) is 36.0 Å². The average molecular weight is 374 g/mol. The number of urea groups is 1. The third kappa shape index (κ3) is 6.32. The zero-order valence-corrected chi connectivity index (χ0v) is 15.4. The molecule has 0 saturated carbocycles. The Bertz CT molecular complexity index is 787. The highest BCUT2D eigenvalue weighted by atomic mass is 16.5. The summed E-state index contributed by atoms with van der Waals surface area (Å²) in [5.41, 5.74) is 6.90. The summed E-state index contributed by atoms with van der Waals surface area (Å²) in [7, 11) is 1.31. The van der Waals surface area contributed by atoms with Crippen molar-refractivity contribution in [1.82, 2.24) is 15.6 Å². The molecule has 8 heteroatoms. The van der Waals surface area contributed by atoms with Gasteiger partial charge in [-0.3, -0.25) is 4.79 Å². The molecule has 0 aliphatic heterocycles. The lowest BCUT2D eigenvalue weighted by molar-refractivity contribution is -0.145. The summed E-state index contributed by atoms with van der Waals surface area (Å²) in [6.45, 7) is 0.488. The van der Waals surface area contributed by atoms with E-state index < -0.39 is 18.0 Å². The van der Waals surface area contributed by atoms with E-state index in [1.54, 1.807) is 0 Å². The van der Waals surface area contributed by atoms with Gasteiger partial charge < -0.3 is 26.1 Å². The number of benzene rings is 1. The quantitative estimate of drug-likeness (QED) is 0.372. The van der Waals surface area contributed by atoms with E-state index in [-0.39, 0.29) is 5.91 Å². The van der Waals surface area contributed by atoms with Gasteiger partial charge >= 0.3 is 12.0 Å². The van der Waals surface area contributed by atoms with Crippen LogP contribution in [-0.4, -0.2) is 42.6 Å². The fraction of sp³-hybridized carbons (Fsp3) is 0.421. The van der Waals surface area contributed by atoms with Gasteiger partial charge in [0.15, 0.2) is 0 Å². The molecule has 2 aromatic rings. The van der Waals surface area contributed by atoms with Gasteiger partial charge in [0.25, 0.3) is 0 Å². The first-order valence-electron chi connectivity index (χ1n) is 8.96. The highest BCUT2D eigenvalue weighted by molar-refractivity contribution is 5.87. The van der Waals surface area contributed by atoms with E-state index >= 15 is 0 Å². The second kappa shape index (κ2) is 10.2. The highest BCUT2D eigenvalue weighted by Crippen LogP contribution is 2.19. The van der Waals surface area contributed by atoms with Crippen LogP contribution in [0.3, 0.4) is 0 Å². The average Bonchev–Trinajstić information content (AvgIpc) is 3.06. The zero-order valence-electron chi connectivity index (χ0n) is 15.4. The Morgan fingerprint density at radius 1 is 1.19 bits per heavy atom. The molecule has 2 rings (SSSR count). The number of ether oxygens (including phenoxy) is 1. The number of H-pyrrole nitrogens is 1. The maximum Gasteiger partial charge on any atom is 0.328 e. The Labute approximate surface area is 157 Å². The van der Waals surface area contributed by atoms with Crippen molar-refractivity contribution in [3.8, 4) is 0 Å². The molecule has 1 atom stereocenters. The van der Waals surface area contributed by atoms with Crippen LogP contribution in [0, 0.1) is 0 Å². The Balaban J connectivity index is 1.86. The second-order valence-corrected chi connectivity index (χ2v) is 6.31. The molecule has 0 bridgehead atoms. The number of esters is 1. The van der Waals surface area contributed by atoms with Crippen LogP contribution >= 0.6 is 0 Å². The molecule has 1 heterocycles. The molecule has 1 aromatic carbocycles. The monoisotopic (exact) mass is 374 g/mol. The molecule has 0 saturated heterocycles. The highest BCUT2D eigenvalue weighted by Gasteiger charge is 2.23. The van der Waals surface area contributed by atoms with Crippen molar-refractivity contribution in [3.63, 3.8) is 0 Å². The van der Waals surface area contributed by atoms with Crippen molar-refractivity contribution >= 4 is 28.8 Å². The molecule has 0 aliphatic carbocycles. The number of primary amides is 1. The SMILES string of the molecule is COC(=O)[C@@H](Cc1c[nH]c2ccccc12)NC(=O)CCCCCNC(N)=O. The van der Waals surface area contributed by atoms with Crippen molar-refractivity contribution in [2.24, 2.45) is 5.73 Å². The van der Waals surface area contributed by atoms with E-state index in [0.29, 0.717) is 25.8 Å². The lowest BCUT2D eigenvalue weighted by atomic mass is 10.0. The van der Waals surface area contributed by atoms with Gasteiger partial charge in [0, 0.05) is 36.5 Å². The predicted octanol–water partition coefficient (Wildman–Crippen LogP) is 1.60. The van der Waals surface area contributed by atoms with Crippen LogP contribution in [0.25, 0.3) is 10.9 Å². The van der Waals surface area contributed by atoms with Crippen LogP contribution < -0.4 is 16.4 Å². The number of carbonyl (C=O) groups is 3. The van der Waals surface area contributed by atoms with Crippen LogP contribution in [0.4, 0.5) is 4.79 Å². The molecule has 0 unspecified atom stereocenters. The van der Waals surface area contributed by atoms with Crippen LogP contribution in [0.5, 0.6) is 0 Å². The number of aromatic nitrogens is 1. The minimum absolute atomic E-state index is 0.201. The molecular formula is C19H26N4O4. The number of rotatable bonds is 10. The Morgan fingerprint density at radius 2 is 1.96 bits per heavy atom. The van der Waals surface area contributed by atoms with Gasteiger partial charge in [-0.2, -0.15) is 0 Å². The lowest BCUT2D eigenvalue weighted by Crippen LogP contribution is -2.43.